The van der Waals surface area contributed by atoms with Crippen molar-refractivity contribution in [2.24, 2.45) is 17.2 Å². The van der Waals surface area contributed by atoms with Gasteiger partial charge in [0, 0.05) is 6.42 Å². The van der Waals surface area contributed by atoms with Crippen LogP contribution in [0, 0.1) is 0 Å². The van der Waals surface area contributed by atoms with E-state index >= 15 is 0 Å². The van der Waals surface area contributed by atoms with Crippen LogP contribution in [0.3, 0.4) is 0 Å². The van der Waals surface area contributed by atoms with Crippen LogP contribution >= 0.6 is 0 Å². The van der Waals surface area contributed by atoms with Crippen molar-refractivity contribution in [3.63, 3.8) is 0 Å². The molecular weight excluding hydrogens is 472 g/mol. The lowest BCUT2D eigenvalue weighted by Crippen LogP contribution is -2.57. The number of aliphatic carboxylic acids is 3. The average Bonchev–Trinajstić information content (AvgIpc) is 2.74. The van der Waals surface area contributed by atoms with E-state index in [4.69, 9.17) is 27.4 Å². The van der Waals surface area contributed by atoms with Crippen LogP contribution in [0.4, 0.5) is 0 Å². The summed E-state index contributed by atoms with van der Waals surface area (Å²) in [7, 11) is 0. The average molecular weight is 504 g/mol. The lowest BCUT2D eigenvalue weighted by molar-refractivity contribution is -0.145. The minimum Gasteiger partial charge on any atom is -0.481 e. The third-order valence-corrected chi connectivity index (χ3v) is 4.62. The van der Waals surface area contributed by atoms with Gasteiger partial charge in [-0.3, -0.25) is 28.8 Å². The molecule has 0 rings (SSSR count). The molecule has 4 atom stereocenters. The molecule has 0 aromatic heterocycles. The van der Waals surface area contributed by atoms with Gasteiger partial charge in [0.05, 0.1) is 18.9 Å². The van der Waals surface area contributed by atoms with Crippen LogP contribution < -0.4 is 33.2 Å². The van der Waals surface area contributed by atoms with Crippen molar-refractivity contribution in [3.8, 4) is 0 Å². The number of nitrogens with one attached hydrogen (secondary N) is 3. The third-order valence-electron chi connectivity index (χ3n) is 4.62. The van der Waals surface area contributed by atoms with Crippen molar-refractivity contribution in [2.45, 2.75) is 69.1 Å². The molecule has 0 bridgehead atoms. The van der Waals surface area contributed by atoms with Crippen LogP contribution in [0.2, 0.25) is 0 Å². The topological polar surface area (TPSA) is 294 Å². The summed E-state index contributed by atoms with van der Waals surface area (Å²) in [6, 6.07) is -6.24. The van der Waals surface area contributed by atoms with Crippen LogP contribution in [0.5, 0.6) is 0 Å². The Bertz CT molecular complexity index is 805. The Morgan fingerprint density at radius 3 is 1.54 bits per heavy atom. The maximum atomic E-state index is 12.6. The standard InChI is InChI=1S/C19H32N6O10/c20-6-2-1-3-9(21)16(31)24-11(7-14(27)28)18(33)25-12(8-15(29)30)17(32)23-10(19(34)35)4-5-13(22)26/h9-12H,1-8,20-21H2,(H2,22,26)(H,23,32)(H,24,31)(H,25,33)(H,27,28)(H,29,30)(H,34,35). The van der Waals surface area contributed by atoms with Crippen LogP contribution in [-0.2, 0) is 33.6 Å². The second-order valence-corrected chi connectivity index (χ2v) is 7.61. The number of carbonyl (C=O) groups is 7. The minimum atomic E-state index is -1.83. The van der Waals surface area contributed by atoms with E-state index in [2.05, 4.69) is 5.32 Å². The van der Waals surface area contributed by atoms with E-state index in [9.17, 15) is 38.7 Å². The number of carboxylic acids is 3. The molecular formula is C19H32N6O10. The van der Waals surface area contributed by atoms with Gasteiger partial charge in [0.25, 0.3) is 0 Å². The van der Waals surface area contributed by atoms with E-state index in [0.29, 0.717) is 19.4 Å². The fourth-order valence-electron chi connectivity index (χ4n) is 2.77. The fraction of sp³-hybridized carbons (Fsp3) is 0.632. The molecule has 4 amide bonds. The molecule has 16 heteroatoms. The summed E-state index contributed by atoms with van der Waals surface area (Å²) in [5, 5.41) is 33.5. The Morgan fingerprint density at radius 2 is 1.14 bits per heavy atom. The van der Waals surface area contributed by atoms with Crippen LogP contribution in [0.15, 0.2) is 0 Å². The van der Waals surface area contributed by atoms with Gasteiger partial charge < -0.3 is 48.5 Å². The molecule has 0 heterocycles. The molecule has 0 aliphatic heterocycles. The Kier molecular flexibility index (Phi) is 14.2. The van der Waals surface area contributed by atoms with Crippen molar-refractivity contribution in [1.29, 1.82) is 0 Å². The highest BCUT2D eigenvalue weighted by molar-refractivity contribution is 5.96. The van der Waals surface area contributed by atoms with E-state index in [1.54, 1.807) is 0 Å². The summed E-state index contributed by atoms with van der Waals surface area (Å²) in [5.41, 5.74) is 16.0. The van der Waals surface area contributed by atoms with Gasteiger partial charge >= 0.3 is 17.9 Å². The summed E-state index contributed by atoms with van der Waals surface area (Å²) in [4.78, 5) is 81.9. The van der Waals surface area contributed by atoms with Gasteiger partial charge in [0.2, 0.25) is 23.6 Å². The number of unbranched alkanes of at least 4 members (excludes halogenated alkanes) is 1. The summed E-state index contributed by atoms with van der Waals surface area (Å²) in [6.45, 7) is 0.372. The van der Waals surface area contributed by atoms with Gasteiger partial charge in [-0.25, -0.2) is 4.79 Å². The van der Waals surface area contributed by atoms with E-state index in [1.165, 1.54) is 0 Å². The predicted octanol–water partition coefficient (Wildman–Crippen LogP) is -3.80. The van der Waals surface area contributed by atoms with E-state index in [-0.39, 0.29) is 6.42 Å². The van der Waals surface area contributed by atoms with Crippen molar-refractivity contribution in [1.82, 2.24) is 16.0 Å². The molecule has 0 saturated carbocycles. The first kappa shape index (κ1) is 31.2. The van der Waals surface area contributed by atoms with E-state index in [0.717, 1.165) is 0 Å². The van der Waals surface area contributed by atoms with Crippen molar-refractivity contribution >= 4 is 41.5 Å². The first-order valence-corrected chi connectivity index (χ1v) is 10.6. The van der Waals surface area contributed by atoms with Gasteiger partial charge in [0.15, 0.2) is 0 Å². The highest BCUT2D eigenvalue weighted by atomic mass is 16.4. The Hall–Kier alpha value is -3.79. The zero-order valence-corrected chi connectivity index (χ0v) is 18.9. The van der Waals surface area contributed by atoms with Gasteiger partial charge in [-0.1, -0.05) is 6.42 Å². The zero-order chi connectivity index (χ0) is 27.1. The van der Waals surface area contributed by atoms with Gasteiger partial charge in [-0.2, -0.15) is 0 Å². The molecule has 0 aromatic rings. The number of hydrogen-bond donors (Lipinski definition) is 9. The van der Waals surface area contributed by atoms with Crippen LogP contribution in [-0.4, -0.2) is 87.6 Å². The predicted molar refractivity (Wildman–Crippen MR) is 117 cm³/mol. The fourth-order valence-corrected chi connectivity index (χ4v) is 2.77. The number of hydrogen-bond acceptors (Lipinski definition) is 9. The third kappa shape index (κ3) is 13.5. The lowest BCUT2D eigenvalue weighted by atomic mass is 10.1. The number of carbonyl (C=O) groups excluding carboxylic acids is 4. The largest absolute Gasteiger partial charge is 0.481 e. The van der Waals surface area contributed by atoms with E-state index in [1.807, 2.05) is 10.6 Å². The molecule has 0 aliphatic carbocycles. The number of primary amides is 1. The summed E-state index contributed by atoms with van der Waals surface area (Å²) >= 11 is 0. The smallest absolute Gasteiger partial charge is 0.326 e. The molecule has 0 fully saturated rings. The summed E-state index contributed by atoms with van der Waals surface area (Å²) in [5.74, 6) is -8.69. The molecule has 198 valence electrons. The normalized spacial score (nSPS) is 14.0. The SMILES string of the molecule is NCCCCC(N)C(=O)NC(CC(=O)O)C(=O)NC(CC(=O)O)C(=O)NC(CCC(N)=O)C(=O)O. The molecule has 12 N–H and O–H groups in total. The second kappa shape index (κ2) is 15.9. The van der Waals surface area contributed by atoms with Gasteiger partial charge in [-0.15, -0.1) is 0 Å². The minimum absolute atomic E-state index is 0.205. The highest BCUT2D eigenvalue weighted by Gasteiger charge is 2.32. The number of rotatable bonds is 18. The van der Waals surface area contributed by atoms with Crippen LogP contribution in [0.1, 0.15) is 44.9 Å². The van der Waals surface area contributed by atoms with Crippen molar-refractivity contribution in [3.05, 3.63) is 0 Å². The van der Waals surface area contributed by atoms with Crippen molar-refractivity contribution < 1.29 is 48.9 Å². The second-order valence-electron chi connectivity index (χ2n) is 7.61. The Morgan fingerprint density at radius 1 is 0.686 bits per heavy atom. The molecule has 0 radical (unpaired) electrons. The monoisotopic (exact) mass is 504 g/mol. The van der Waals surface area contributed by atoms with Crippen molar-refractivity contribution in [2.75, 3.05) is 6.54 Å². The molecule has 0 saturated heterocycles. The van der Waals surface area contributed by atoms with Gasteiger partial charge in [0.1, 0.15) is 18.1 Å². The number of carboxylic acid groups (broad SMARTS) is 3. The molecule has 0 aliphatic rings. The first-order valence-electron chi connectivity index (χ1n) is 10.6. The highest BCUT2D eigenvalue weighted by Crippen LogP contribution is 2.04. The number of amides is 4. The quantitative estimate of drug-likeness (QED) is 0.0812. The Balaban J connectivity index is 5.47. The number of nitrogens with two attached hydrogens (primary N) is 3. The molecule has 0 spiro atoms. The molecule has 35 heavy (non-hydrogen) atoms. The maximum Gasteiger partial charge on any atom is 0.326 e. The lowest BCUT2D eigenvalue weighted by Gasteiger charge is -2.24. The zero-order valence-electron chi connectivity index (χ0n) is 18.9. The first-order chi connectivity index (χ1) is 16.3. The molecule has 0 aromatic carbocycles. The van der Waals surface area contributed by atoms with Crippen LogP contribution in [0.25, 0.3) is 0 Å². The summed E-state index contributed by atoms with van der Waals surface area (Å²) in [6.07, 6.45) is -1.41. The van der Waals surface area contributed by atoms with Gasteiger partial charge in [-0.05, 0) is 25.8 Å². The van der Waals surface area contributed by atoms with E-state index < -0.39 is 91.4 Å². The summed E-state index contributed by atoms with van der Waals surface area (Å²) < 4.78 is 0. The Labute approximate surface area is 199 Å². The molecule has 4 unspecified atom stereocenters. The molecule has 16 nitrogen and oxygen atoms in total. The maximum absolute atomic E-state index is 12.6.